The smallest absolute Gasteiger partial charge is 0.124 e. The van der Waals surface area contributed by atoms with Crippen molar-refractivity contribution in [3.8, 4) is 11.5 Å². The molecule has 0 aliphatic carbocycles. The summed E-state index contributed by atoms with van der Waals surface area (Å²) in [4.78, 5) is 3.91. The van der Waals surface area contributed by atoms with E-state index in [9.17, 15) is 5.11 Å². The fraction of sp³-hybridized carbons (Fsp3) is 0.222. The Morgan fingerprint density at radius 1 is 1.33 bits per heavy atom. The Balaban J connectivity index is 3.23. The van der Waals surface area contributed by atoms with Gasteiger partial charge in [-0.15, -0.1) is 0 Å². The molecular weight excluding hydrogens is 154 g/mol. The first-order valence-corrected chi connectivity index (χ1v) is 3.61. The minimum Gasteiger partial charge on any atom is -0.508 e. The number of phenols is 2. The standard InChI is InChI=1S/C9H11NO2/c1-6(10-2)8-5-7(11)3-4-9(8)12/h3-5,11-12H,1-2H3. The van der Waals surface area contributed by atoms with Gasteiger partial charge in [0.05, 0.1) is 0 Å². The third-order valence-corrected chi connectivity index (χ3v) is 1.71. The molecule has 0 aliphatic heterocycles. The van der Waals surface area contributed by atoms with Crippen LogP contribution in [0.1, 0.15) is 12.5 Å². The fourth-order valence-electron chi connectivity index (χ4n) is 0.934. The third kappa shape index (κ3) is 1.56. The largest absolute Gasteiger partial charge is 0.508 e. The molecule has 0 aliphatic rings. The zero-order chi connectivity index (χ0) is 9.14. The normalized spacial score (nSPS) is 11.7. The maximum absolute atomic E-state index is 9.34. The van der Waals surface area contributed by atoms with Gasteiger partial charge in [0.2, 0.25) is 0 Å². The Labute approximate surface area is 71.0 Å². The van der Waals surface area contributed by atoms with Crippen LogP contribution in [0, 0.1) is 0 Å². The van der Waals surface area contributed by atoms with E-state index in [1.165, 1.54) is 18.2 Å². The molecule has 0 saturated carbocycles. The van der Waals surface area contributed by atoms with Gasteiger partial charge in [0.15, 0.2) is 0 Å². The molecule has 0 spiro atoms. The number of benzene rings is 1. The molecular formula is C9H11NO2. The average molecular weight is 165 g/mol. The molecule has 12 heavy (non-hydrogen) atoms. The van der Waals surface area contributed by atoms with Gasteiger partial charge < -0.3 is 10.2 Å². The zero-order valence-corrected chi connectivity index (χ0v) is 7.07. The van der Waals surface area contributed by atoms with Crippen molar-refractivity contribution in [2.24, 2.45) is 4.99 Å². The Morgan fingerprint density at radius 3 is 2.58 bits per heavy atom. The molecule has 1 aromatic rings. The minimum absolute atomic E-state index is 0.130. The monoisotopic (exact) mass is 165 g/mol. The lowest BCUT2D eigenvalue weighted by Gasteiger charge is -2.03. The van der Waals surface area contributed by atoms with Gasteiger partial charge in [-0.1, -0.05) is 0 Å². The van der Waals surface area contributed by atoms with E-state index in [0.29, 0.717) is 11.3 Å². The molecule has 1 rings (SSSR count). The molecule has 64 valence electrons. The van der Waals surface area contributed by atoms with Crippen LogP contribution in [0.15, 0.2) is 23.2 Å². The summed E-state index contributed by atoms with van der Waals surface area (Å²) in [7, 11) is 1.64. The summed E-state index contributed by atoms with van der Waals surface area (Å²) in [5, 5.41) is 18.5. The second-order valence-corrected chi connectivity index (χ2v) is 2.51. The van der Waals surface area contributed by atoms with Crippen LogP contribution in [-0.2, 0) is 0 Å². The van der Waals surface area contributed by atoms with Crippen LogP contribution in [0.5, 0.6) is 11.5 Å². The van der Waals surface area contributed by atoms with E-state index in [1.54, 1.807) is 14.0 Å². The fourth-order valence-corrected chi connectivity index (χ4v) is 0.934. The highest BCUT2D eigenvalue weighted by Crippen LogP contribution is 2.22. The van der Waals surface area contributed by atoms with Crippen molar-refractivity contribution in [1.82, 2.24) is 0 Å². The van der Waals surface area contributed by atoms with Crippen molar-refractivity contribution in [3.63, 3.8) is 0 Å². The van der Waals surface area contributed by atoms with Crippen LogP contribution in [0.3, 0.4) is 0 Å². The number of phenolic OH excluding ortho intramolecular Hbond substituents is 2. The van der Waals surface area contributed by atoms with Crippen molar-refractivity contribution < 1.29 is 10.2 Å². The van der Waals surface area contributed by atoms with E-state index in [-0.39, 0.29) is 11.5 Å². The van der Waals surface area contributed by atoms with Crippen LogP contribution in [0.4, 0.5) is 0 Å². The Kier molecular flexibility index (Phi) is 2.33. The number of hydrogen-bond acceptors (Lipinski definition) is 3. The van der Waals surface area contributed by atoms with Gasteiger partial charge >= 0.3 is 0 Å². The van der Waals surface area contributed by atoms with Crippen LogP contribution in [0.25, 0.3) is 0 Å². The topological polar surface area (TPSA) is 52.8 Å². The summed E-state index contributed by atoms with van der Waals surface area (Å²) in [6, 6.07) is 4.36. The first-order valence-electron chi connectivity index (χ1n) is 3.61. The highest BCUT2D eigenvalue weighted by atomic mass is 16.3. The molecule has 0 saturated heterocycles. The molecule has 0 radical (unpaired) electrons. The first-order chi connectivity index (χ1) is 5.65. The Bertz CT molecular complexity index is 318. The van der Waals surface area contributed by atoms with E-state index in [2.05, 4.69) is 4.99 Å². The number of rotatable bonds is 1. The Morgan fingerprint density at radius 2 is 2.00 bits per heavy atom. The highest BCUT2D eigenvalue weighted by molar-refractivity contribution is 6.01. The molecule has 1 aromatic carbocycles. The Hall–Kier alpha value is -1.51. The van der Waals surface area contributed by atoms with Gasteiger partial charge in [0.1, 0.15) is 11.5 Å². The second kappa shape index (κ2) is 3.26. The molecule has 3 nitrogen and oxygen atoms in total. The maximum atomic E-state index is 9.34. The summed E-state index contributed by atoms with van der Waals surface area (Å²) in [6.45, 7) is 1.77. The van der Waals surface area contributed by atoms with Crippen molar-refractivity contribution in [2.75, 3.05) is 7.05 Å². The van der Waals surface area contributed by atoms with Crippen molar-refractivity contribution in [2.45, 2.75) is 6.92 Å². The lowest BCUT2D eigenvalue weighted by Crippen LogP contribution is -1.93. The van der Waals surface area contributed by atoms with E-state index >= 15 is 0 Å². The average Bonchev–Trinajstić information content (AvgIpc) is 2.08. The molecule has 2 N–H and O–H groups in total. The van der Waals surface area contributed by atoms with Gasteiger partial charge in [0.25, 0.3) is 0 Å². The number of aromatic hydroxyl groups is 2. The molecule has 0 atom stereocenters. The summed E-state index contributed by atoms with van der Waals surface area (Å²) in [5.41, 5.74) is 1.26. The van der Waals surface area contributed by atoms with Gasteiger partial charge in [0, 0.05) is 18.3 Å². The third-order valence-electron chi connectivity index (χ3n) is 1.71. The summed E-state index contributed by atoms with van der Waals surface area (Å²) in [6.07, 6.45) is 0. The molecule has 0 heterocycles. The molecule has 0 aromatic heterocycles. The van der Waals surface area contributed by atoms with Gasteiger partial charge in [-0.25, -0.2) is 0 Å². The SMILES string of the molecule is CN=C(C)c1cc(O)ccc1O. The van der Waals surface area contributed by atoms with E-state index in [1.807, 2.05) is 0 Å². The van der Waals surface area contributed by atoms with E-state index < -0.39 is 0 Å². The molecule has 0 unspecified atom stereocenters. The quantitative estimate of drug-likeness (QED) is 0.490. The lowest BCUT2D eigenvalue weighted by molar-refractivity contribution is 0.459. The summed E-state index contributed by atoms with van der Waals surface area (Å²) < 4.78 is 0. The molecule has 0 amide bonds. The summed E-state index contributed by atoms with van der Waals surface area (Å²) >= 11 is 0. The van der Waals surface area contributed by atoms with Gasteiger partial charge in [-0.2, -0.15) is 0 Å². The minimum atomic E-state index is 0.130. The van der Waals surface area contributed by atoms with Gasteiger partial charge in [-0.05, 0) is 25.1 Å². The molecule has 3 heteroatoms. The lowest BCUT2D eigenvalue weighted by atomic mass is 10.1. The van der Waals surface area contributed by atoms with Crippen molar-refractivity contribution >= 4 is 5.71 Å². The number of hydrogen-bond donors (Lipinski definition) is 2. The predicted molar refractivity (Wildman–Crippen MR) is 47.9 cm³/mol. The molecule has 0 fully saturated rings. The predicted octanol–water partition coefficient (Wildman–Crippen LogP) is 1.54. The zero-order valence-electron chi connectivity index (χ0n) is 7.07. The number of nitrogens with zero attached hydrogens (tertiary/aromatic N) is 1. The summed E-state index contributed by atoms with van der Waals surface area (Å²) in [5.74, 6) is 0.265. The van der Waals surface area contributed by atoms with Crippen LogP contribution in [0.2, 0.25) is 0 Å². The maximum Gasteiger partial charge on any atom is 0.124 e. The number of aliphatic imine (C=N–C) groups is 1. The first kappa shape index (κ1) is 8.59. The van der Waals surface area contributed by atoms with Gasteiger partial charge in [-0.3, -0.25) is 4.99 Å². The van der Waals surface area contributed by atoms with Crippen LogP contribution < -0.4 is 0 Å². The molecule has 0 bridgehead atoms. The highest BCUT2D eigenvalue weighted by Gasteiger charge is 2.03. The van der Waals surface area contributed by atoms with Crippen molar-refractivity contribution in [1.29, 1.82) is 0 Å². The van der Waals surface area contributed by atoms with Crippen molar-refractivity contribution in [3.05, 3.63) is 23.8 Å². The van der Waals surface area contributed by atoms with E-state index in [4.69, 9.17) is 5.11 Å². The van der Waals surface area contributed by atoms with Crippen LogP contribution in [-0.4, -0.2) is 23.0 Å². The second-order valence-electron chi connectivity index (χ2n) is 2.51. The van der Waals surface area contributed by atoms with Crippen LogP contribution >= 0.6 is 0 Å². The van der Waals surface area contributed by atoms with E-state index in [0.717, 1.165) is 0 Å².